The fourth-order valence-corrected chi connectivity index (χ4v) is 4.00. The molecular formula is C18H22F3N5O2. The number of fused-ring (bicyclic) bond motifs is 1. The molecule has 0 aliphatic carbocycles. The van der Waals surface area contributed by atoms with Crippen LogP contribution in [0.4, 0.5) is 19.0 Å². The van der Waals surface area contributed by atoms with E-state index in [1.807, 2.05) is 0 Å². The molecule has 1 saturated heterocycles. The number of amides is 1. The van der Waals surface area contributed by atoms with Gasteiger partial charge in [0.2, 0.25) is 5.76 Å². The first kappa shape index (κ1) is 18.8. The first-order chi connectivity index (χ1) is 13.2. The van der Waals surface area contributed by atoms with Gasteiger partial charge < -0.3 is 14.7 Å². The van der Waals surface area contributed by atoms with E-state index in [1.165, 1.54) is 0 Å². The lowest BCUT2D eigenvalue weighted by atomic mass is 9.94. The molecule has 152 valence electrons. The number of carbonyl (C=O) groups excluding carboxylic acids is 1. The number of halogens is 3. The lowest BCUT2D eigenvalue weighted by Gasteiger charge is -2.32. The van der Waals surface area contributed by atoms with E-state index in [9.17, 15) is 18.0 Å². The maximum Gasteiger partial charge on any atom is 0.410 e. The molecule has 28 heavy (non-hydrogen) atoms. The molecular weight excluding hydrogens is 375 g/mol. The average molecular weight is 397 g/mol. The molecule has 1 N–H and O–H groups in total. The normalized spacial score (nSPS) is 25.3. The van der Waals surface area contributed by atoms with Crippen LogP contribution < -0.4 is 5.32 Å². The Morgan fingerprint density at radius 2 is 2.14 bits per heavy atom. The van der Waals surface area contributed by atoms with Gasteiger partial charge in [0.05, 0.1) is 11.4 Å². The molecule has 2 aromatic heterocycles. The van der Waals surface area contributed by atoms with E-state index in [4.69, 9.17) is 4.52 Å². The summed E-state index contributed by atoms with van der Waals surface area (Å²) in [5, 5.41) is 11.1. The molecule has 0 saturated carbocycles. The van der Waals surface area contributed by atoms with Gasteiger partial charge in [-0.05, 0) is 33.1 Å². The number of aryl methyl sites for hydroxylation is 1. The van der Waals surface area contributed by atoms with Crippen molar-refractivity contribution >= 4 is 11.7 Å². The number of hydrogen-bond donors (Lipinski definition) is 1. The van der Waals surface area contributed by atoms with Crippen molar-refractivity contribution in [1.82, 2.24) is 19.8 Å². The Balaban J connectivity index is 1.56. The summed E-state index contributed by atoms with van der Waals surface area (Å²) in [4.78, 5) is 14.3. The first-order valence-electron chi connectivity index (χ1n) is 9.37. The number of likely N-dealkylation sites (tertiary alicyclic amines) is 1. The smallest absolute Gasteiger partial charge is 0.368 e. The molecule has 0 bridgehead atoms. The Hall–Kier alpha value is -2.52. The van der Waals surface area contributed by atoms with Crippen molar-refractivity contribution in [2.24, 2.45) is 0 Å². The standard InChI is InChI=1S/C18H22F3N5O2/c1-10-7-15(18(19,20)21)26-16(22-10)8-13(23-26)12-4-3-5-25(9-12)17(27)14-6-11(2)24-28-14/h6,8,10,12,15,22H,3-5,7,9H2,1-2H3/t10-,12?,15-/m1/s1. The van der Waals surface area contributed by atoms with E-state index in [0.29, 0.717) is 30.3 Å². The van der Waals surface area contributed by atoms with Crippen LogP contribution in [0, 0.1) is 6.92 Å². The monoisotopic (exact) mass is 397 g/mol. The van der Waals surface area contributed by atoms with Crippen LogP contribution in [0.15, 0.2) is 16.7 Å². The molecule has 1 amide bonds. The Bertz CT molecular complexity index is 875. The van der Waals surface area contributed by atoms with Crippen LogP contribution in [0.5, 0.6) is 0 Å². The summed E-state index contributed by atoms with van der Waals surface area (Å²) in [5.74, 6) is 0.181. The molecule has 2 aromatic rings. The largest absolute Gasteiger partial charge is 0.410 e. The fourth-order valence-electron chi connectivity index (χ4n) is 4.00. The predicted octanol–water partition coefficient (Wildman–Crippen LogP) is 3.51. The van der Waals surface area contributed by atoms with E-state index < -0.39 is 12.2 Å². The Kier molecular flexibility index (Phi) is 4.59. The van der Waals surface area contributed by atoms with Gasteiger partial charge in [-0.15, -0.1) is 0 Å². The van der Waals surface area contributed by atoms with Crippen LogP contribution in [0.2, 0.25) is 0 Å². The second-order valence-electron chi connectivity index (χ2n) is 7.66. The van der Waals surface area contributed by atoms with Crippen LogP contribution in [0.1, 0.15) is 60.1 Å². The highest BCUT2D eigenvalue weighted by molar-refractivity contribution is 5.91. The number of alkyl halides is 3. The summed E-state index contributed by atoms with van der Waals surface area (Å²) in [6.45, 7) is 4.43. The van der Waals surface area contributed by atoms with Crippen molar-refractivity contribution in [3.63, 3.8) is 0 Å². The zero-order chi connectivity index (χ0) is 20.1. The summed E-state index contributed by atoms with van der Waals surface area (Å²) in [5.41, 5.74) is 1.20. The lowest BCUT2D eigenvalue weighted by molar-refractivity contribution is -0.173. The fraction of sp³-hybridized carbons (Fsp3) is 0.611. The van der Waals surface area contributed by atoms with E-state index in [1.54, 1.807) is 30.9 Å². The SMILES string of the molecule is Cc1cc(C(=O)N2CCCC(c3cc4n(n3)[C@@H](C(F)(F)F)C[C@@H](C)N4)C2)on1. The van der Waals surface area contributed by atoms with Gasteiger partial charge in [-0.3, -0.25) is 4.79 Å². The van der Waals surface area contributed by atoms with Crippen LogP contribution in [0.25, 0.3) is 0 Å². The van der Waals surface area contributed by atoms with Gasteiger partial charge in [-0.2, -0.15) is 18.3 Å². The maximum absolute atomic E-state index is 13.4. The number of rotatable bonds is 2. The molecule has 7 nitrogen and oxygen atoms in total. The highest BCUT2D eigenvalue weighted by atomic mass is 19.4. The first-order valence-corrected chi connectivity index (χ1v) is 9.37. The van der Waals surface area contributed by atoms with E-state index in [2.05, 4.69) is 15.6 Å². The van der Waals surface area contributed by atoms with Crippen molar-refractivity contribution in [1.29, 1.82) is 0 Å². The molecule has 1 unspecified atom stereocenters. The molecule has 4 rings (SSSR count). The summed E-state index contributed by atoms with van der Waals surface area (Å²) in [6.07, 6.45) is -2.90. The average Bonchev–Trinajstić information content (AvgIpc) is 3.26. The number of aromatic nitrogens is 3. The second-order valence-corrected chi connectivity index (χ2v) is 7.66. The van der Waals surface area contributed by atoms with E-state index >= 15 is 0 Å². The van der Waals surface area contributed by atoms with Gasteiger partial charge >= 0.3 is 6.18 Å². The summed E-state index contributed by atoms with van der Waals surface area (Å²) >= 11 is 0. The Morgan fingerprint density at radius 1 is 1.36 bits per heavy atom. The van der Waals surface area contributed by atoms with Crippen molar-refractivity contribution in [2.45, 2.75) is 57.3 Å². The molecule has 2 aliphatic rings. The van der Waals surface area contributed by atoms with Crippen LogP contribution >= 0.6 is 0 Å². The van der Waals surface area contributed by atoms with Gasteiger partial charge in [0.15, 0.2) is 6.04 Å². The van der Waals surface area contributed by atoms with Crippen molar-refractivity contribution in [3.8, 4) is 0 Å². The zero-order valence-electron chi connectivity index (χ0n) is 15.7. The molecule has 2 aliphatic heterocycles. The maximum atomic E-state index is 13.4. The third-order valence-electron chi connectivity index (χ3n) is 5.36. The molecule has 4 heterocycles. The molecule has 0 radical (unpaired) electrons. The summed E-state index contributed by atoms with van der Waals surface area (Å²) < 4.78 is 46.4. The third kappa shape index (κ3) is 3.47. The lowest BCUT2D eigenvalue weighted by Crippen LogP contribution is -2.39. The Labute approximate surface area is 159 Å². The molecule has 0 aromatic carbocycles. The number of anilines is 1. The Morgan fingerprint density at radius 3 is 2.82 bits per heavy atom. The van der Waals surface area contributed by atoms with E-state index in [0.717, 1.165) is 17.5 Å². The highest BCUT2D eigenvalue weighted by Crippen LogP contribution is 2.40. The van der Waals surface area contributed by atoms with Gasteiger partial charge in [-0.1, -0.05) is 5.16 Å². The van der Waals surface area contributed by atoms with Gasteiger partial charge in [0.1, 0.15) is 5.82 Å². The van der Waals surface area contributed by atoms with Gasteiger partial charge in [0, 0.05) is 37.2 Å². The number of hydrogen-bond acceptors (Lipinski definition) is 5. The highest BCUT2D eigenvalue weighted by Gasteiger charge is 2.46. The molecule has 1 fully saturated rings. The van der Waals surface area contributed by atoms with Crippen LogP contribution in [-0.2, 0) is 0 Å². The van der Waals surface area contributed by atoms with Gasteiger partial charge in [0.25, 0.3) is 5.91 Å². The van der Waals surface area contributed by atoms with Crippen molar-refractivity contribution < 1.29 is 22.5 Å². The third-order valence-corrected chi connectivity index (χ3v) is 5.36. The minimum Gasteiger partial charge on any atom is -0.368 e. The summed E-state index contributed by atoms with van der Waals surface area (Å²) in [6, 6.07) is 1.35. The quantitative estimate of drug-likeness (QED) is 0.839. The zero-order valence-corrected chi connectivity index (χ0v) is 15.7. The number of nitrogens with one attached hydrogen (secondary N) is 1. The van der Waals surface area contributed by atoms with Crippen molar-refractivity contribution in [2.75, 3.05) is 18.4 Å². The topological polar surface area (TPSA) is 76.2 Å². The molecule has 0 spiro atoms. The molecule has 3 atom stereocenters. The predicted molar refractivity (Wildman–Crippen MR) is 94.1 cm³/mol. The number of carbonyl (C=O) groups is 1. The second kappa shape index (κ2) is 6.82. The number of nitrogens with zero attached hydrogens (tertiary/aromatic N) is 4. The number of piperidine rings is 1. The molecule has 10 heteroatoms. The van der Waals surface area contributed by atoms with Crippen molar-refractivity contribution in [3.05, 3.63) is 29.3 Å². The van der Waals surface area contributed by atoms with E-state index in [-0.39, 0.29) is 30.0 Å². The summed E-state index contributed by atoms with van der Waals surface area (Å²) in [7, 11) is 0. The minimum absolute atomic E-state index is 0.0578. The van der Waals surface area contributed by atoms with Crippen LogP contribution in [0.3, 0.4) is 0 Å². The van der Waals surface area contributed by atoms with Crippen LogP contribution in [-0.4, -0.2) is 51.1 Å². The minimum atomic E-state index is -4.35. The van der Waals surface area contributed by atoms with Gasteiger partial charge in [-0.25, -0.2) is 4.68 Å².